The maximum atomic E-state index is 12.9. The lowest BCUT2D eigenvalue weighted by Crippen LogP contribution is -2.16. The molecule has 0 aliphatic heterocycles. The van der Waals surface area contributed by atoms with Crippen LogP contribution >= 0.6 is 0 Å². The van der Waals surface area contributed by atoms with E-state index in [1.807, 2.05) is 43.3 Å². The molecule has 0 radical (unpaired) electrons. The number of hydrogen-bond donors (Lipinski definition) is 1. The highest BCUT2D eigenvalue weighted by Gasteiger charge is 2.13. The number of aliphatic hydroxyl groups excluding tert-OH is 1. The van der Waals surface area contributed by atoms with Crippen molar-refractivity contribution in [2.45, 2.75) is 19.1 Å². The van der Waals surface area contributed by atoms with Gasteiger partial charge in [-0.3, -0.25) is 0 Å². The minimum Gasteiger partial charge on any atom is -0.489 e. The van der Waals surface area contributed by atoms with Crippen molar-refractivity contribution in [2.24, 2.45) is 0 Å². The molecule has 0 aromatic heterocycles. The third-order valence-electron chi connectivity index (χ3n) is 3.44. The van der Waals surface area contributed by atoms with Gasteiger partial charge in [0, 0.05) is 12.1 Å². The minimum atomic E-state index is -0.563. The lowest BCUT2D eigenvalue weighted by atomic mass is 10.1. The number of para-hydroxylation sites is 1. The van der Waals surface area contributed by atoms with Gasteiger partial charge in [0.2, 0.25) is 0 Å². The average Bonchev–Trinajstić information content (AvgIpc) is 2.52. The number of benzene rings is 2. The first-order chi connectivity index (χ1) is 10.6. The van der Waals surface area contributed by atoms with Gasteiger partial charge in [-0.25, -0.2) is 4.39 Å². The standard InChI is InChI=1S/C18H22FNO2/c1-20(2)12-11-17(21)16-5-3-4-6-18(16)22-13-14-7-9-15(19)10-8-14/h3-10,17,21H,11-13H2,1-2H3. The largest absolute Gasteiger partial charge is 0.489 e. The topological polar surface area (TPSA) is 32.7 Å². The molecule has 0 heterocycles. The lowest BCUT2D eigenvalue weighted by molar-refractivity contribution is 0.148. The molecule has 0 fully saturated rings. The van der Waals surface area contributed by atoms with E-state index in [-0.39, 0.29) is 5.82 Å². The summed E-state index contributed by atoms with van der Waals surface area (Å²) in [5.41, 5.74) is 1.67. The average molecular weight is 303 g/mol. The van der Waals surface area contributed by atoms with Crippen molar-refractivity contribution in [2.75, 3.05) is 20.6 Å². The van der Waals surface area contributed by atoms with Crippen molar-refractivity contribution in [3.05, 3.63) is 65.5 Å². The molecule has 0 saturated carbocycles. The third-order valence-corrected chi connectivity index (χ3v) is 3.44. The van der Waals surface area contributed by atoms with E-state index in [1.54, 1.807) is 12.1 Å². The lowest BCUT2D eigenvalue weighted by Gasteiger charge is -2.18. The molecule has 1 unspecified atom stereocenters. The summed E-state index contributed by atoms with van der Waals surface area (Å²) in [6.45, 7) is 1.14. The molecule has 2 rings (SSSR count). The Hall–Kier alpha value is -1.91. The second kappa shape index (κ2) is 7.92. The molecule has 0 aliphatic carbocycles. The van der Waals surface area contributed by atoms with Gasteiger partial charge in [-0.2, -0.15) is 0 Å². The highest BCUT2D eigenvalue weighted by molar-refractivity contribution is 5.35. The number of rotatable bonds is 7. The molecule has 2 aromatic rings. The van der Waals surface area contributed by atoms with Gasteiger partial charge < -0.3 is 14.7 Å². The van der Waals surface area contributed by atoms with Gasteiger partial charge in [0.25, 0.3) is 0 Å². The Morgan fingerprint density at radius 3 is 2.45 bits per heavy atom. The zero-order chi connectivity index (χ0) is 15.9. The molecule has 4 heteroatoms. The van der Waals surface area contributed by atoms with Crippen molar-refractivity contribution < 1.29 is 14.2 Å². The van der Waals surface area contributed by atoms with E-state index >= 15 is 0 Å². The second-order valence-electron chi connectivity index (χ2n) is 5.56. The van der Waals surface area contributed by atoms with Crippen LogP contribution in [0, 0.1) is 5.82 Å². The summed E-state index contributed by atoms with van der Waals surface area (Å²) >= 11 is 0. The number of aliphatic hydroxyl groups is 1. The maximum Gasteiger partial charge on any atom is 0.125 e. The normalized spacial score (nSPS) is 12.4. The monoisotopic (exact) mass is 303 g/mol. The van der Waals surface area contributed by atoms with E-state index in [2.05, 4.69) is 0 Å². The molecule has 0 saturated heterocycles. The van der Waals surface area contributed by atoms with Gasteiger partial charge in [-0.1, -0.05) is 30.3 Å². The molecule has 3 nitrogen and oxygen atoms in total. The van der Waals surface area contributed by atoms with Crippen LogP contribution in [-0.2, 0) is 6.61 Å². The summed E-state index contributed by atoms with van der Waals surface area (Å²) in [4.78, 5) is 2.03. The predicted octanol–water partition coefficient (Wildman–Crippen LogP) is 3.39. The molecular weight excluding hydrogens is 281 g/mol. The van der Waals surface area contributed by atoms with Crippen LogP contribution in [0.4, 0.5) is 4.39 Å². The summed E-state index contributed by atoms with van der Waals surface area (Å²) in [6.07, 6.45) is 0.0796. The summed E-state index contributed by atoms with van der Waals surface area (Å²) < 4.78 is 18.7. The fraction of sp³-hybridized carbons (Fsp3) is 0.333. The summed E-state index contributed by atoms with van der Waals surface area (Å²) in [5.74, 6) is 0.404. The van der Waals surface area contributed by atoms with Crippen LogP contribution in [0.25, 0.3) is 0 Å². The van der Waals surface area contributed by atoms with Crippen LogP contribution < -0.4 is 4.74 Å². The Balaban J connectivity index is 2.02. The highest BCUT2D eigenvalue weighted by atomic mass is 19.1. The van der Waals surface area contributed by atoms with E-state index in [0.717, 1.165) is 17.7 Å². The second-order valence-corrected chi connectivity index (χ2v) is 5.56. The molecular formula is C18H22FNO2. The fourth-order valence-corrected chi connectivity index (χ4v) is 2.16. The van der Waals surface area contributed by atoms with Gasteiger partial charge in [0.15, 0.2) is 0 Å². The molecule has 0 bridgehead atoms. The van der Waals surface area contributed by atoms with Crippen molar-refractivity contribution in [3.63, 3.8) is 0 Å². The summed E-state index contributed by atoms with van der Waals surface area (Å²) in [5, 5.41) is 10.3. The van der Waals surface area contributed by atoms with Crippen LogP contribution in [-0.4, -0.2) is 30.6 Å². The summed E-state index contributed by atoms with van der Waals surface area (Å²) in [6, 6.07) is 13.7. The first-order valence-electron chi connectivity index (χ1n) is 7.35. The van der Waals surface area contributed by atoms with Crippen LogP contribution in [0.3, 0.4) is 0 Å². The Morgan fingerprint density at radius 1 is 1.09 bits per heavy atom. The molecule has 1 atom stereocenters. The highest BCUT2D eigenvalue weighted by Crippen LogP contribution is 2.27. The number of hydrogen-bond acceptors (Lipinski definition) is 3. The molecule has 2 aromatic carbocycles. The van der Waals surface area contributed by atoms with Crippen molar-refractivity contribution in [1.29, 1.82) is 0 Å². The Labute approximate surface area is 131 Å². The number of halogens is 1. The van der Waals surface area contributed by atoms with Crippen LogP contribution in [0.2, 0.25) is 0 Å². The Morgan fingerprint density at radius 2 is 1.77 bits per heavy atom. The van der Waals surface area contributed by atoms with Crippen LogP contribution in [0.1, 0.15) is 23.7 Å². The molecule has 1 N–H and O–H groups in total. The Kier molecular flexibility index (Phi) is 5.92. The van der Waals surface area contributed by atoms with E-state index in [9.17, 15) is 9.50 Å². The van der Waals surface area contributed by atoms with Crippen molar-refractivity contribution in [3.8, 4) is 5.75 Å². The van der Waals surface area contributed by atoms with Crippen LogP contribution in [0.15, 0.2) is 48.5 Å². The van der Waals surface area contributed by atoms with Gasteiger partial charge in [0.05, 0.1) is 6.10 Å². The molecule has 118 valence electrons. The van der Waals surface area contributed by atoms with Crippen molar-refractivity contribution in [1.82, 2.24) is 4.90 Å². The smallest absolute Gasteiger partial charge is 0.125 e. The van der Waals surface area contributed by atoms with E-state index in [4.69, 9.17) is 4.74 Å². The maximum absolute atomic E-state index is 12.9. The van der Waals surface area contributed by atoms with E-state index < -0.39 is 6.10 Å². The number of ether oxygens (including phenoxy) is 1. The van der Waals surface area contributed by atoms with E-state index in [1.165, 1.54) is 12.1 Å². The van der Waals surface area contributed by atoms with Gasteiger partial charge >= 0.3 is 0 Å². The molecule has 0 aliphatic rings. The first-order valence-corrected chi connectivity index (χ1v) is 7.35. The van der Waals surface area contributed by atoms with Gasteiger partial charge in [-0.15, -0.1) is 0 Å². The number of nitrogens with zero attached hydrogens (tertiary/aromatic N) is 1. The van der Waals surface area contributed by atoms with Gasteiger partial charge in [-0.05, 0) is 44.3 Å². The van der Waals surface area contributed by atoms with E-state index in [0.29, 0.717) is 18.8 Å². The van der Waals surface area contributed by atoms with Gasteiger partial charge in [0.1, 0.15) is 18.2 Å². The SMILES string of the molecule is CN(C)CCC(O)c1ccccc1OCc1ccc(F)cc1. The fourth-order valence-electron chi connectivity index (χ4n) is 2.16. The molecule has 0 spiro atoms. The first kappa shape index (κ1) is 16.5. The molecule has 0 amide bonds. The molecule has 22 heavy (non-hydrogen) atoms. The zero-order valence-electron chi connectivity index (χ0n) is 13.0. The van der Waals surface area contributed by atoms with Crippen molar-refractivity contribution >= 4 is 0 Å². The quantitative estimate of drug-likeness (QED) is 0.851. The third kappa shape index (κ3) is 4.83. The zero-order valence-corrected chi connectivity index (χ0v) is 13.0. The summed E-state index contributed by atoms with van der Waals surface area (Å²) in [7, 11) is 3.95. The predicted molar refractivity (Wildman–Crippen MR) is 85.3 cm³/mol. The minimum absolute atomic E-state index is 0.261. The van der Waals surface area contributed by atoms with Crippen LogP contribution in [0.5, 0.6) is 5.75 Å². The Bertz CT molecular complexity index is 584.